The van der Waals surface area contributed by atoms with Crippen molar-refractivity contribution in [3.8, 4) is 17.2 Å². The van der Waals surface area contributed by atoms with Gasteiger partial charge in [-0.2, -0.15) is 0 Å². The molecule has 4 heteroatoms. The molecular weight excluding hydrogens is 230 g/mol. The van der Waals surface area contributed by atoms with E-state index in [0.29, 0.717) is 24.9 Å². The van der Waals surface area contributed by atoms with Crippen LogP contribution in [0.3, 0.4) is 0 Å². The second kappa shape index (κ2) is 5.06. The van der Waals surface area contributed by atoms with Gasteiger partial charge in [-0.3, -0.25) is 0 Å². The topological polar surface area (TPSA) is 50.7 Å². The Labute approximate surface area is 107 Å². The van der Waals surface area contributed by atoms with E-state index in [9.17, 15) is 5.11 Å². The van der Waals surface area contributed by atoms with Crippen molar-refractivity contribution in [3.05, 3.63) is 17.7 Å². The standard InChI is InChI=1S/C14H19NO3/c16-12-1-2-13-14(18-8-7-17-13)11(12)9-10-3-5-15-6-4-10/h1-2,10,15-16H,3-9H2. The van der Waals surface area contributed by atoms with Crippen molar-refractivity contribution in [2.45, 2.75) is 19.3 Å². The number of rotatable bonds is 2. The predicted molar refractivity (Wildman–Crippen MR) is 68.4 cm³/mol. The minimum atomic E-state index is 0.331. The van der Waals surface area contributed by atoms with Gasteiger partial charge in [-0.05, 0) is 50.4 Å². The third-order valence-electron chi connectivity index (χ3n) is 3.74. The van der Waals surface area contributed by atoms with Crippen molar-refractivity contribution < 1.29 is 14.6 Å². The lowest BCUT2D eigenvalue weighted by atomic mass is 9.90. The number of aromatic hydroxyl groups is 1. The Bertz CT molecular complexity index is 427. The molecule has 0 bridgehead atoms. The summed E-state index contributed by atoms with van der Waals surface area (Å²) in [6.45, 7) is 3.29. The van der Waals surface area contributed by atoms with E-state index in [1.54, 1.807) is 12.1 Å². The summed E-state index contributed by atoms with van der Waals surface area (Å²) >= 11 is 0. The van der Waals surface area contributed by atoms with Crippen LogP contribution in [0, 0.1) is 5.92 Å². The zero-order valence-corrected chi connectivity index (χ0v) is 10.4. The minimum absolute atomic E-state index is 0.331. The summed E-state index contributed by atoms with van der Waals surface area (Å²) in [6, 6.07) is 3.50. The Morgan fingerprint density at radius 2 is 1.94 bits per heavy atom. The summed E-state index contributed by atoms with van der Waals surface area (Å²) in [4.78, 5) is 0. The van der Waals surface area contributed by atoms with Gasteiger partial charge in [0, 0.05) is 5.56 Å². The highest BCUT2D eigenvalue weighted by atomic mass is 16.6. The highest BCUT2D eigenvalue weighted by Crippen LogP contribution is 2.40. The van der Waals surface area contributed by atoms with Gasteiger partial charge in [0.1, 0.15) is 19.0 Å². The number of ether oxygens (including phenoxy) is 2. The second-order valence-electron chi connectivity index (χ2n) is 4.98. The summed E-state index contributed by atoms with van der Waals surface area (Å²) < 4.78 is 11.2. The second-order valence-corrected chi connectivity index (χ2v) is 4.98. The molecule has 1 aromatic carbocycles. The number of nitrogens with one attached hydrogen (secondary N) is 1. The monoisotopic (exact) mass is 249 g/mol. The van der Waals surface area contributed by atoms with Crippen molar-refractivity contribution in [3.63, 3.8) is 0 Å². The fourth-order valence-electron chi connectivity index (χ4n) is 2.73. The summed E-state index contributed by atoms with van der Waals surface area (Å²) in [6.07, 6.45) is 3.19. The van der Waals surface area contributed by atoms with Gasteiger partial charge >= 0.3 is 0 Å². The Morgan fingerprint density at radius 3 is 2.78 bits per heavy atom. The lowest BCUT2D eigenvalue weighted by molar-refractivity contribution is 0.168. The van der Waals surface area contributed by atoms with Gasteiger partial charge in [-0.1, -0.05) is 0 Å². The van der Waals surface area contributed by atoms with Gasteiger partial charge in [0.25, 0.3) is 0 Å². The molecule has 0 aliphatic carbocycles. The van der Waals surface area contributed by atoms with Crippen LogP contribution in [0.15, 0.2) is 12.1 Å². The van der Waals surface area contributed by atoms with E-state index in [1.165, 1.54) is 0 Å². The van der Waals surface area contributed by atoms with Crippen molar-refractivity contribution in [2.75, 3.05) is 26.3 Å². The summed E-state index contributed by atoms with van der Waals surface area (Å²) in [7, 11) is 0. The van der Waals surface area contributed by atoms with Crippen LogP contribution in [0.4, 0.5) is 0 Å². The van der Waals surface area contributed by atoms with Crippen LogP contribution in [0.2, 0.25) is 0 Å². The molecule has 98 valence electrons. The number of fused-ring (bicyclic) bond motifs is 1. The number of hydrogen-bond acceptors (Lipinski definition) is 4. The third kappa shape index (κ3) is 2.25. The van der Waals surface area contributed by atoms with Gasteiger partial charge in [-0.15, -0.1) is 0 Å². The smallest absolute Gasteiger partial charge is 0.168 e. The average molecular weight is 249 g/mol. The average Bonchev–Trinajstić information content (AvgIpc) is 2.43. The maximum absolute atomic E-state index is 10.0. The van der Waals surface area contributed by atoms with Crippen LogP contribution in [-0.4, -0.2) is 31.4 Å². The lowest BCUT2D eigenvalue weighted by Crippen LogP contribution is -2.29. The Kier molecular flexibility index (Phi) is 3.28. The molecular formula is C14H19NO3. The molecule has 0 saturated carbocycles. The molecule has 0 unspecified atom stereocenters. The van der Waals surface area contributed by atoms with Crippen molar-refractivity contribution in [2.24, 2.45) is 5.92 Å². The van der Waals surface area contributed by atoms with E-state index < -0.39 is 0 Å². The predicted octanol–water partition coefficient (Wildman–Crippen LogP) is 1.71. The van der Waals surface area contributed by atoms with Crippen LogP contribution in [0.25, 0.3) is 0 Å². The maximum atomic E-state index is 10.0. The molecule has 2 heterocycles. The maximum Gasteiger partial charge on any atom is 0.168 e. The SMILES string of the molecule is Oc1ccc2c(c1CC1CCNCC1)OCCO2. The van der Waals surface area contributed by atoms with E-state index in [-0.39, 0.29) is 0 Å². The van der Waals surface area contributed by atoms with Crippen LogP contribution in [0.5, 0.6) is 17.2 Å². The molecule has 2 aliphatic heterocycles. The van der Waals surface area contributed by atoms with E-state index in [2.05, 4.69) is 5.32 Å². The van der Waals surface area contributed by atoms with Gasteiger partial charge in [-0.25, -0.2) is 0 Å². The third-order valence-corrected chi connectivity index (χ3v) is 3.74. The highest BCUT2D eigenvalue weighted by molar-refractivity contribution is 5.54. The molecule has 18 heavy (non-hydrogen) atoms. The van der Waals surface area contributed by atoms with Crippen molar-refractivity contribution in [1.82, 2.24) is 5.32 Å². The minimum Gasteiger partial charge on any atom is -0.508 e. The summed E-state index contributed by atoms with van der Waals surface area (Å²) in [5.74, 6) is 2.47. The van der Waals surface area contributed by atoms with Crippen LogP contribution in [-0.2, 0) is 6.42 Å². The first-order chi connectivity index (χ1) is 8.84. The number of phenols is 1. The Balaban J connectivity index is 1.85. The molecule has 1 aromatic rings. The fourth-order valence-corrected chi connectivity index (χ4v) is 2.73. The van der Waals surface area contributed by atoms with Gasteiger partial charge in [0.15, 0.2) is 11.5 Å². The van der Waals surface area contributed by atoms with Crippen LogP contribution < -0.4 is 14.8 Å². The quantitative estimate of drug-likeness (QED) is 0.837. The molecule has 1 fully saturated rings. The van der Waals surface area contributed by atoms with Crippen molar-refractivity contribution in [1.29, 1.82) is 0 Å². The van der Waals surface area contributed by atoms with E-state index in [1.807, 2.05) is 0 Å². The molecule has 3 rings (SSSR count). The molecule has 4 nitrogen and oxygen atoms in total. The zero-order valence-electron chi connectivity index (χ0n) is 10.4. The Morgan fingerprint density at radius 1 is 1.17 bits per heavy atom. The van der Waals surface area contributed by atoms with Gasteiger partial charge in [0.05, 0.1) is 0 Å². The zero-order chi connectivity index (χ0) is 12.4. The number of piperidine rings is 1. The number of phenolic OH excluding ortho intramolecular Hbond substituents is 1. The Hall–Kier alpha value is -1.42. The molecule has 1 saturated heterocycles. The molecule has 0 amide bonds. The molecule has 0 aromatic heterocycles. The molecule has 0 atom stereocenters. The molecule has 0 spiro atoms. The normalized spacial score (nSPS) is 19.8. The van der Waals surface area contributed by atoms with E-state index in [4.69, 9.17) is 9.47 Å². The van der Waals surface area contributed by atoms with Crippen LogP contribution in [0.1, 0.15) is 18.4 Å². The van der Waals surface area contributed by atoms with Crippen LogP contribution >= 0.6 is 0 Å². The molecule has 0 radical (unpaired) electrons. The van der Waals surface area contributed by atoms with E-state index >= 15 is 0 Å². The number of hydrogen-bond donors (Lipinski definition) is 2. The van der Waals surface area contributed by atoms with Gasteiger partial charge < -0.3 is 19.9 Å². The largest absolute Gasteiger partial charge is 0.508 e. The number of benzene rings is 1. The summed E-state index contributed by atoms with van der Waals surface area (Å²) in [5.41, 5.74) is 0.916. The molecule has 2 aliphatic rings. The first kappa shape index (κ1) is 11.7. The lowest BCUT2D eigenvalue weighted by Gasteiger charge is -2.26. The first-order valence-electron chi connectivity index (χ1n) is 6.66. The molecule has 2 N–H and O–H groups in total. The fraction of sp³-hybridized carbons (Fsp3) is 0.571. The highest BCUT2D eigenvalue weighted by Gasteiger charge is 2.23. The van der Waals surface area contributed by atoms with Gasteiger partial charge in [0.2, 0.25) is 0 Å². The van der Waals surface area contributed by atoms with E-state index in [0.717, 1.165) is 49.4 Å². The first-order valence-corrected chi connectivity index (χ1v) is 6.66. The van der Waals surface area contributed by atoms with Crippen molar-refractivity contribution >= 4 is 0 Å². The summed E-state index contributed by atoms with van der Waals surface area (Å²) in [5, 5.41) is 13.4.